The summed E-state index contributed by atoms with van der Waals surface area (Å²) in [6.45, 7) is 0. The SMILES string of the molecule is O=C(O)C=Cc1ccccc1-c1ccc(C[C@H](NC(=O)c2c(Cl)cccc2Cl)C(=O)O)cc1. The summed E-state index contributed by atoms with van der Waals surface area (Å²) in [5.41, 5.74) is 3.12. The first-order chi connectivity index (χ1) is 15.8. The van der Waals surface area contributed by atoms with Gasteiger partial charge in [0.05, 0.1) is 15.6 Å². The summed E-state index contributed by atoms with van der Waals surface area (Å²) in [4.78, 5) is 35.2. The van der Waals surface area contributed by atoms with Crippen molar-refractivity contribution < 1.29 is 24.6 Å². The molecular formula is C25H19Cl2NO5. The zero-order valence-corrected chi connectivity index (χ0v) is 18.7. The Kier molecular flexibility index (Phi) is 7.87. The lowest BCUT2D eigenvalue weighted by molar-refractivity contribution is -0.139. The molecule has 33 heavy (non-hydrogen) atoms. The van der Waals surface area contributed by atoms with E-state index in [1.807, 2.05) is 30.3 Å². The van der Waals surface area contributed by atoms with E-state index in [0.29, 0.717) is 5.56 Å². The van der Waals surface area contributed by atoms with E-state index < -0.39 is 23.9 Å². The molecule has 168 valence electrons. The number of amides is 1. The van der Waals surface area contributed by atoms with Crippen LogP contribution in [0, 0.1) is 0 Å². The Morgan fingerprint density at radius 1 is 0.879 bits per heavy atom. The van der Waals surface area contributed by atoms with Gasteiger partial charge in [0.2, 0.25) is 0 Å². The highest BCUT2D eigenvalue weighted by molar-refractivity contribution is 6.39. The van der Waals surface area contributed by atoms with Gasteiger partial charge < -0.3 is 15.5 Å². The number of nitrogens with one attached hydrogen (secondary N) is 1. The van der Waals surface area contributed by atoms with Crippen molar-refractivity contribution in [3.05, 3.63) is 99.5 Å². The lowest BCUT2D eigenvalue weighted by Crippen LogP contribution is -2.42. The van der Waals surface area contributed by atoms with Crippen molar-refractivity contribution in [2.24, 2.45) is 0 Å². The van der Waals surface area contributed by atoms with E-state index in [2.05, 4.69) is 5.32 Å². The maximum absolute atomic E-state index is 12.6. The number of halogens is 2. The molecule has 0 aliphatic rings. The molecule has 3 N–H and O–H groups in total. The van der Waals surface area contributed by atoms with Gasteiger partial charge >= 0.3 is 11.9 Å². The van der Waals surface area contributed by atoms with Crippen molar-refractivity contribution in [1.82, 2.24) is 5.32 Å². The summed E-state index contributed by atoms with van der Waals surface area (Å²) >= 11 is 12.1. The van der Waals surface area contributed by atoms with Crippen LogP contribution in [0.1, 0.15) is 21.5 Å². The van der Waals surface area contributed by atoms with E-state index in [-0.39, 0.29) is 22.0 Å². The van der Waals surface area contributed by atoms with Crippen molar-refractivity contribution >= 4 is 47.1 Å². The van der Waals surface area contributed by atoms with Crippen LogP contribution in [0.2, 0.25) is 10.0 Å². The number of carboxylic acids is 2. The van der Waals surface area contributed by atoms with E-state index >= 15 is 0 Å². The van der Waals surface area contributed by atoms with E-state index in [0.717, 1.165) is 22.8 Å². The van der Waals surface area contributed by atoms with Gasteiger partial charge in [-0.15, -0.1) is 0 Å². The van der Waals surface area contributed by atoms with Gasteiger partial charge in [0.25, 0.3) is 5.91 Å². The fourth-order valence-electron chi connectivity index (χ4n) is 3.27. The molecule has 0 heterocycles. The highest BCUT2D eigenvalue weighted by atomic mass is 35.5. The fourth-order valence-corrected chi connectivity index (χ4v) is 3.84. The van der Waals surface area contributed by atoms with Crippen LogP contribution in [0.25, 0.3) is 17.2 Å². The summed E-state index contributed by atoms with van der Waals surface area (Å²) in [5.74, 6) is -2.91. The molecule has 0 fully saturated rings. The highest BCUT2D eigenvalue weighted by Gasteiger charge is 2.23. The first-order valence-corrected chi connectivity index (χ1v) is 10.6. The van der Waals surface area contributed by atoms with Crippen LogP contribution >= 0.6 is 23.2 Å². The van der Waals surface area contributed by atoms with Gasteiger partial charge in [0.15, 0.2) is 0 Å². The normalized spacial score (nSPS) is 11.8. The quantitative estimate of drug-likeness (QED) is 0.382. The van der Waals surface area contributed by atoms with Crippen LogP contribution in [-0.2, 0) is 16.0 Å². The summed E-state index contributed by atoms with van der Waals surface area (Å²) in [6, 6.07) is 17.9. The van der Waals surface area contributed by atoms with Crippen LogP contribution in [0.3, 0.4) is 0 Å². The van der Waals surface area contributed by atoms with Crippen LogP contribution < -0.4 is 5.32 Å². The van der Waals surface area contributed by atoms with E-state index in [4.69, 9.17) is 28.3 Å². The van der Waals surface area contributed by atoms with Crippen molar-refractivity contribution in [3.63, 3.8) is 0 Å². The van der Waals surface area contributed by atoms with Crippen molar-refractivity contribution in [1.29, 1.82) is 0 Å². The average molecular weight is 484 g/mol. The number of benzene rings is 3. The topological polar surface area (TPSA) is 104 Å². The number of hydrogen-bond acceptors (Lipinski definition) is 3. The molecule has 0 spiro atoms. The zero-order valence-electron chi connectivity index (χ0n) is 17.2. The average Bonchev–Trinajstić information content (AvgIpc) is 2.78. The van der Waals surface area contributed by atoms with Crippen molar-refractivity contribution in [2.45, 2.75) is 12.5 Å². The molecule has 0 unspecified atom stereocenters. The van der Waals surface area contributed by atoms with Crippen molar-refractivity contribution in [3.8, 4) is 11.1 Å². The maximum atomic E-state index is 12.6. The Hall–Kier alpha value is -3.61. The van der Waals surface area contributed by atoms with E-state index in [1.54, 1.807) is 24.3 Å². The Balaban J connectivity index is 1.79. The Morgan fingerprint density at radius 2 is 1.52 bits per heavy atom. The smallest absolute Gasteiger partial charge is 0.328 e. The molecule has 0 aliphatic carbocycles. The van der Waals surface area contributed by atoms with Gasteiger partial charge in [0.1, 0.15) is 6.04 Å². The van der Waals surface area contributed by atoms with Crippen LogP contribution in [0.15, 0.2) is 72.8 Å². The summed E-state index contributed by atoms with van der Waals surface area (Å²) in [7, 11) is 0. The Bertz CT molecular complexity index is 1200. The number of rotatable bonds is 8. The van der Waals surface area contributed by atoms with Crippen LogP contribution in [0.4, 0.5) is 0 Å². The van der Waals surface area contributed by atoms with Gasteiger partial charge in [-0.05, 0) is 40.5 Å². The molecular weight excluding hydrogens is 465 g/mol. The monoisotopic (exact) mass is 483 g/mol. The lowest BCUT2D eigenvalue weighted by Gasteiger charge is -2.16. The molecule has 3 rings (SSSR count). The maximum Gasteiger partial charge on any atom is 0.328 e. The second-order valence-electron chi connectivity index (χ2n) is 7.12. The molecule has 3 aromatic rings. The molecule has 3 aromatic carbocycles. The standard InChI is InChI=1S/C25H19Cl2NO5/c26-19-6-3-7-20(27)23(19)24(31)28-21(25(32)33)14-15-8-10-17(11-9-15)18-5-2-1-4-16(18)12-13-22(29)30/h1-13,21H,14H2,(H,28,31)(H,29,30)(H,32,33)/t21-/m0/s1. The molecule has 0 saturated heterocycles. The van der Waals surface area contributed by atoms with Crippen LogP contribution in [0.5, 0.6) is 0 Å². The second-order valence-corrected chi connectivity index (χ2v) is 7.94. The minimum Gasteiger partial charge on any atom is -0.480 e. The van der Waals surface area contributed by atoms with Gasteiger partial charge in [-0.1, -0.05) is 77.8 Å². The van der Waals surface area contributed by atoms with Gasteiger partial charge in [-0.2, -0.15) is 0 Å². The minimum absolute atomic E-state index is 0.0217. The number of carboxylic acid groups (broad SMARTS) is 2. The molecule has 0 bridgehead atoms. The highest BCUT2D eigenvalue weighted by Crippen LogP contribution is 2.26. The predicted octanol–water partition coefficient (Wildman–Crippen LogP) is 5.18. The first kappa shape index (κ1) is 24.0. The molecule has 6 nitrogen and oxygen atoms in total. The van der Waals surface area contributed by atoms with E-state index in [1.165, 1.54) is 18.2 Å². The second kappa shape index (κ2) is 10.8. The summed E-state index contributed by atoms with van der Waals surface area (Å²) < 4.78 is 0. The molecule has 0 aliphatic heterocycles. The molecule has 0 aromatic heterocycles. The third-order valence-corrected chi connectivity index (χ3v) is 5.49. The third-order valence-electron chi connectivity index (χ3n) is 4.86. The van der Waals surface area contributed by atoms with Gasteiger partial charge in [0, 0.05) is 12.5 Å². The summed E-state index contributed by atoms with van der Waals surface area (Å²) in [5, 5.41) is 21.2. The number of carbonyl (C=O) groups excluding carboxylic acids is 1. The fraction of sp³-hybridized carbons (Fsp3) is 0.0800. The summed E-state index contributed by atoms with van der Waals surface area (Å²) in [6.07, 6.45) is 2.63. The van der Waals surface area contributed by atoms with Crippen molar-refractivity contribution in [2.75, 3.05) is 0 Å². The molecule has 0 radical (unpaired) electrons. The van der Waals surface area contributed by atoms with Gasteiger partial charge in [-0.25, -0.2) is 9.59 Å². The molecule has 1 amide bonds. The predicted molar refractivity (Wildman–Crippen MR) is 128 cm³/mol. The van der Waals surface area contributed by atoms with E-state index in [9.17, 15) is 19.5 Å². The number of aliphatic carboxylic acids is 2. The lowest BCUT2D eigenvalue weighted by atomic mass is 9.97. The first-order valence-electron chi connectivity index (χ1n) is 9.83. The van der Waals surface area contributed by atoms with Gasteiger partial charge in [-0.3, -0.25) is 4.79 Å². The zero-order chi connectivity index (χ0) is 24.0. The molecule has 0 saturated carbocycles. The Labute approximate surface area is 200 Å². The third kappa shape index (κ3) is 6.22. The number of carbonyl (C=O) groups is 3. The molecule has 8 heteroatoms. The minimum atomic E-state index is -1.19. The Morgan fingerprint density at radius 3 is 2.12 bits per heavy atom. The largest absolute Gasteiger partial charge is 0.480 e. The number of hydrogen-bond donors (Lipinski definition) is 3. The van der Waals surface area contributed by atoms with Crippen LogP contribution in [-0.4, -0.2) is 34.1 Å². The molecule has 1 atom stereocenters.